The molecular formula is C25H21NO5S. The number of benzene rings is 2. The first kappa shape index (κ1) is 20.3. The average Bonchev–Trinajstić information content (AvgIpc) is 3.45. The molecule has 0 bridgehead atoms. The van der Waals surface area contributed by atoms with Crippen molar-refractivity contribution < 1.29 is 24.2 Å². The van der Waals surface area contributed by atoms with Crippen molar-refractivity contribution >= 4 is 34.5 Å². The smallest absolute Gasteiger partial charge is 0.300 e. The number of hydrogen-bond acceptors (Lipinski definition) is 6. The molecule has 0 spiro atoms. The Bertz CT molecular complexity index is 1210. The Labute approximate surface area is 189 Å². The number of hydrogen-bond donors (Lipinski definition) is 1. The molecule has 162 valence electrons. The number of thiophene rings is 1. The number of aliphatic hydroxyl groups excluding tert-OH is 1. The number of nitrogens with zero attached hydrogens (tertiary/aromatic N) is 1. The quantitative estimate of drug-likeness (QED) is 0.356. The molecule has 0 radical (unpaired) electrons. The SMILES string of the molecule is CCc1ccc(N2C(=O)C(=O)/C(=C(\O)c3ccc4c(c3)OCCO4)C2c2cccs2)cc1. The maximum Gasteiger partial charge on any atom is 0.300 e. The van der Waals surface area contributed by atoms with Gasteiger partial charge in [0.1, 0.15) is 25.0 Å². The largest absolute Gasteiger partial charge is 0.507 e. The van der Waals surface area contributed by atoms with Crippen LogP contribution in [0.1, 0.15) is 29.0 Å². The van der Waals surface area contributed by atoms with Gasteiger partial charge in [0.2, 0.25) is 0 Å². The van der Waals surface area contributed by atoms with Crippen molar-refractivity contribution in [2.75, 3.05) is 18.1 Å². The maximum atomic E-state index is 13.2. The highest BCUT2D eigenvalue weighted by atomic mass is 32.1. The number of ketones is 1. The lowest BCUT2D eigenvalue weighted by Gasteiger charge is -2.24. The summed E-state index contributed by atoms with van der Waals surface area (Å²) < 4.78 is 11.2. The van der Waals surface area contributed by atoms with Crippen LogP contribution in [0.15, 0.2) is 65.6 Å². The highest BCUT2D eigenvalue weighted by molar-refractivity contribution is 7.10. The third kappa shape index (κ3) is 3.35. The van der Waals surface area contributed by atoms with E-state index in [4.69, 9.17) is 9.47 Å². The standard InChI is InChI=1S/C25H21NO5S/c1-2-15-5-8-17(9-6-15)26-22(20-4-3-13-32-20)21(24(28)25(26)29)23(27)16-7-10-18-19(14-16)31-12-11-30-18/h3-10,13-14,22,27H,2,11-12H2,1H3/b23-21-. The number of amides is 1. The monoisotopic (exact) mass is 447 g/mol. The Morgan fingerprint density at radius 1 is 1.06 bits per heavy atom. The number of aliphatic hydroxyl groups is 1. The van der Waals surface area contributed by atoms with Gasteiger partial charge in [-0.25, -0.2) is 0 Å². The van der Waals surface area contributed by atoms with Gasteiger partial charge in [0.15, 0.2) is 11.5 Å². The summed E-state index contributed by atoms with van der Waals surface area (Å²) in [5.41, 5.74) is 2.21. The third-order valence-electron chi connectivity index (χ3n) is 5.70. The van der Waals surface area contributed by atoms with Crippen molar-refractivity contribution in [2.45, 2.75) is 19.4 Å². The first-order valence-electron chi connectivity index (χ1n) is 10.4. The zero-order chi connectivity index (χ0) is 22.2. The fraction of sp³-hybridized carbons (Fsp3) is 0.200. The molecule has 1 aromatic heterocycles. The molecule has 3 heterocycles. The number of rotatable bonds is 4. The summed E-state index contributed by atoms with van der Waals surface area (Å²) in [5, 5.41) is 13.1. The van der Waals surface area contributed by atoms with E-state index in [2.05, 4.69) is 6.92 Å². The molecule has 1 saturated heterocycles. The van der Waals surface area contributed by atoms with Gasteiger partial charge in [0, 0.05) is 16.1 Å². The number of ether oxygens (including phenoxy) is 2. The van der Waals surface area contributed by atoms with Crippen LogP contribution in [0.25, 0.3) is 5.76 Å². The molecule has 1 unspecified atom stereocenters. The Morgan fingerprint density at radius 3 is 2.50 bits per heavy atom. The highest BCUT2D eigenvalue weighted by Gasteiger charge is 2.47. The summed E-state index contributed by atoms with van der Waals surface area (Å²) in [4.78, 5) is 28.6. The number of aryl methyl sites for hydroxylation is 1. The van der Waals surface area contributed by atoms with E-state index in [1.165, 1.54) is 16.2 Å². The lowest BCUT2D eigenvalue weighted by atomic mass is 9.99. The number of carbonyl (C=O) groups is 2. The summed E-state index contributed by atoms with van der Waals surface area (Å²) in [7, 11) is 0. The third-order valence-corrected chi connectivity index (χ3v) is 6.62. The Kier molecular flexibility index (Phi) is 5.19. The van der Waals surface area contributed by atoms with Gasteiger partial charge in [0.05, 0.1) is 5.57 Å². The van der Waals surface area contributed by atoms with Crippen molar-refractivity contribution in [1.82, 2.24) is 0 Å². The molecule has 1 N–H and O–H groups in total. The number of fused-ring (bicyclic) bond motifs is 1. The molecule has 7 heteroatoms. The van der Waals surface area contributed by atoms with E-state index in [1.54, 1.807) is 18.2 Å². The fourth-order valence-electron chi connectivity index (χ4n) is 4.05. The summed E-state index contributed by atoms with van der Waals surface area (Å²) >= 11 is 1.43. The number of carbonyl (C=O) groups excluding carboxylic acids is 2. The molecule has 2 aliphatic rings. The van der Waals surface area contributed by atoms with E-state index in [0.29, 0.717) is 36.0 Å². The van der Waals surface area contributed by atoms with Crippen molar-refractivity contribution in [2.24, 2.45) is 0 Å². The van der Waals surface area contributed by atoms with Crippen LogP contribution in [0.5, 0.6) is 11.5 Å². The van der Waals surface area contributed by atoms with E-state index in [1.807, 2.05) is 41.8 Å². The van der Waals surface area contributed by atoms with Crippen molar-refractivity contribution in [3.05, 3.63) is 81.6 Å². The van der Waals surface area contributed by atoms with Crippen LogP contribution in [0.4, 0.5) is 5.69 Å². The minimum absolute atomic E-state index is 0.0636. The Hall–Kier alpha value is -3.58. The van der Waals surface area contributed by atoms with Crippen LogP contribution in [0, 0.1) is 0 Å². The molecule has 5 rings (SSSR count). The summed E-state index contributed by atoms with van der Waals surface area (Å²) in [5.74, 6) is -0.523. The van der Waals surface area contributed by atoms with Gasteiger partial charge in [-0.3, -0.25) is 14.5 Å². The lowest BCUT2D eigenvalue weighted by molar-refractivity contribution is -0.132. The molecule has 1 atom stereocenters. The van der Waals surface area contributed by atoms with Crippen molar-refractivity contribution in [3.8, 4) is 11.5 Å². The zero-order valence-corrected chi connectivity index (χ0v) is 18.2. The lowest BCUT2D eigenvalue weighted by Crippen LogP contribution is -2.29. The first-order valence-corrected chi connectivity index (χ1v) is 11.3. The van der Waals surface area contributed by atoms with Crippen LogP contribution < -0.4 is 14.4 Å². The molecule has 0 saturated carbocycles. The predicted molar refractivity (Wildman–Crippen MR) is 122 cm³/mol. The van der Waals surface area contributed by atoms with E-state index in [9.17, 15) is 14.7 Å². The van der Waals surface area contributed by atoms with E-state index in [-0.39, 0.29) is 11.3 Å². The van der Waals surface area contributed by atoms with Gasteiger partial charge in [-0.1, -0.05) is 25.1 Å². The minimum atomic E-state index is -0.713. The van der Waals surface area contributed by atoms with Crippen molar-refractivity contribution in [1.29, 1.82) is 0 Å². The van der Waals surface area contributed by atoms with E-state index in [0.717, 1.165) is 16.9 Å². The van der Waals surface area contributed by atoms with Gasteiger partial charge >= 0.3 is 0 Å². The molecular weight excluding hydrogens is 426 g/mol. The van der Waals surface area contributed by atoms with Gasteiger partial charge in [0.25, 0.3) is 11.7 Å². The van der Waals surface area contributed by atoms with Crippen molar-refractivity contribution in [3.63, 3.8) is 0 Å². The van der Waals surface area contributed by atoms with Crippen LogP contribution in [-0.4, -0.2) is 30.0 Å². The van der Waals surface area contributed by atoms with Crippen LogP contribution in [-0.2, 0) is 16.0 Å². The van der Waals surface area contributed by atoms with Crippen LogP contribution in [0.2, 0.25) is 0 Å². The fourth-order valence-corrected chi connectivity index (χ4v) is 4.88. The van der Waals surface area contributed by atoms with E-state index < -0.39 is 17.7 Å². The molecule has 0 aliphatic carbocycles. The van der Waals surface area contributed by atoms with Gasteiger partial charge in [-0.15, -0.1) is 11.3 Å². The number of anilines is 1. The highest BCUT2D eigenvalue weighted by Crippen LogP contribution is 2.44. The predicted octanol–water partition coefficient (Wildman–Crippen LogP) is 4.71. The van der Waals surface area contributed by atoms with Gasteiger partial charge in [-0.05, 0) is 53.8 Å². The Balaban J connectivity index is 1.65. The molecule has 2 aliphatic heterocycles. The summed E-state index contributed by atoms with van der Waals surface area (Å²) in [6, 6.07) is 15.6. The molecule has 2 aromatic carbocycles. The maximum absolute atomic E-state index is 13.2. The van der Waals surface area contributed by atoms with E-state index >= 15 is 0 Å². The number of Topliss-reactive ketones (excluding diaryl/α,β-unsaturated/α-hetero) is 1. The second kappa shape index (κ2) is 8.16. The zero-order valence-electron chi connectivity index (χ0n) is 17.4. The summed E-state index contributed by atoms with van der Waals surface area (Å²) in [6.07, 6.45) is 0.873. The molecule has 1 amide bonds. The molecule has 6 nitrogen and oxygen atoms in total. The second-order valence-corrected chi connectivity index (χ2v) is 8.54. The minimum Gasteiger partial charge on any atom is -0.507 e. The normalized spacial score (nSPS) is 19.4. The molecule has 3 aromatic rings. The molecule has 1 fully saturated rings. The first-order chi connectivity index (χ1) is 15.6. The van der Waals surface area contributed by atoms with Gasteiger partial charge in [-0.2, -0.15) is 0 Å². The van der Waals surface area contributed by atoms with Crippen LogP contribution in [0.3, 0.4) is 0 Å². The van der Waals surface area contributed by atoms with Gasteiger partial charge < -0.3 is 14.6 Å². The topological polar surface area (TPSA) is 76.1 Å². The summed E-state index contributed by atoms with van der Waals surface area (Å²) in [6.45, 7) is 2.92. The molecule has 32 heavy (non-hydrogen) atoms. The second-order valence-electron chi connectivity index (χ2n) is 7.56. The van der Waals surface area contributed by atoms with Crippen LogP contribution >= 0.6 is 11.3 Å². The Morgan fingerprint density at radius 2 is 1.81 bits per heavy atom. The average molecular weight is 448 g/mol.